The number of carbonyl (C=O) groups is 1. The van der Waals surface area contributed by atoms with Crippen LogP contribution in [0.2, 0.25) is 0 Å². The Morgan fingerprint density at radius 2 is 2.15 bits per heavy atom. The highest BCUT2D eigenvalue weighted by Gasteiger charge is 2.06. The van der Waals surface area contributed by atoms with Crippen LogP contribution in [0.5, 0.6) is 0 Å². The molecule has 0 aliphatic heterocycles. The molecule has 0 saturated carbocycles. The van der Waals surface area contributed by atoms with Crippen molar-refractivity contribution in [2.24, 2.45) is 0 Å². The van der Waals surface area contributed by atoms with Crippen molar-refractivity contribution in [1.82, 2.24) is 0 Å². The van der Waals surface area contributed by atoms with E-state index < -0.39 is 11.6 Å². The number of carbonyl (C=O) groups excluding carboxylic acids is 1. The molecule has 0 N–H and O–H groups in total. The number of hydrogen-bond donors (Lipinski definition) is 0. The molecule has 0 amide bonds. The first-order valence-electron chi connectivity index (χ1n) is 3.76. The molecule has 0 spiro atoms. The van der Waals surface area contributed by atoms with Gasteiger partial charge in [-0.1, -0.05) is 6.07 Å². The van der Waals surface area contributed by atoms with Gasteiger partial charge in [0.25, 0.3) is 0 Å². The SMILES string of the molecule is O=CCCSc1cccc(F)c1F. The van der Waals surface area contributed by atoms with Gasteiger partial charge < -0.3 is 4.79 Å². The normalized spacial score (nSPS) is 10.0. The first-order valence-corrected chi connectivity index (χ1v) is 4.74. The van der Waals surface area contributed by atoms with Crippen molar-refractivity contribution in [2.45, 2.75) is 11.3 Å². The predicted octanol–water partition coefficient (Wildman–Crippen LogP) is 2.65. The lowest BCUT2D eigenvalue weighted by Gasteiger charge is -2.00. The van der Waals surface area contributed by atoms with E-state index in [2.05, 4.69) is 0 Å². The zero-order chi connectivity index (χ0) is 9.68. The third-order valence-electron chi connectivity index (χ3n) is 1.41. The van der Waals surface area contributed by atoms with Gasteiger partial charge in [0.15, 0.2) is 11.6 Å². The van der Waals surface area contributed by atoms with Gasteiger partial charge in [-0.25, -0.2) is 8.78 Å². The summed E-state index contributed by atoms with van der Waals surface area (Å²) < 4.78 is 25.6. The number of aldehydes is 1. The standard InChI is InChI=1S/C9H8F2OS/c10-7-3-1-4-8(9(7)11)13-6-2-5-12/h1,3-5H,2,6H2. The van der Waals surface area contributed by atoms with E-state index in [-0.39, 0.29) is 4.90 Å². The third-order valence-corrected chi connectivity index (χ3v) is 2.48. The molecule has 0 radical (unpaired) electrons. The quantitative estimate of drug-likeness (QED) is 0.424. The second kappa shape index (κ2) is 4.97. The van der Waals surface area contributed by atoms with Gasteiger partial charge in [0.1, 0.15) is 6.29 Å². The molecule has 0 fully saturated rings. The molecule has 70 valence electrons. The largest absolute Gasteiger partial charge is 0.303 e. The molecule has 0 aliphatic rings. The first kappa shape index (κ1) is 10.2. The highest BCUT2D eigenvalue weighted by Crippen LogP contribution is 2.23. The molecule has 0 heterocycles. The molecule has 0 atom stereocenters. The topological polar surface area (TPSA) is 17.1 Å². The molecule has 0 aliphatic carbocycles. The van der Waals surface area contributed by atoms with Crippen molar-refractivity contribution >= 4 is 18.0 Å². The second-order valence-corrected chi connectivity index (χ2v) is 3.49. The zero-order valence-corrected chi connectivity index (χ0v) is 7.61. The summed E-state index contributed by atoms with van der Waals surface area (Å²) in [5, 5.41) is 0. The summed E-state index contributed by atoms with van der Waals surface area (Å²) in [6.07, 6.45) is 1.10. The van der Waals surface area contributed by atoms with Crippen molar-refractivity contribution < 1.29 is 13.6 Å². The molecule has 4 heteroatoms. The van der Waals surface area contributed by atoms with Crippen molar-refractivity contribution in [3.05, 3.63) is 29.8 Å². The summed E-state index contributed by atoms with van der Waals surface area (Å²) in [4.78, 5) is 10.2. The number of rotatable bonds is 4. The highest BCUT2D eigenvalue weighted by atomic mass is 32.2. The minimum absolute atomic E-state index is 0.252. The average molecular weight is 202 g/mol. The van der Waals surface area contributed by atoms with Crippen LogP contribution in [0.15, 0.2) is 23.1 Å². The fourth-order valence-corrected chi connectivity index (χ4v) is 1.65. The first-order chi connectivity index (χ1) is 6.25. The van der Waals surface area contributed by atoms with E-state index in [0.717, 1.165) is 24.1 Å². The Kier molecular flexibility index (Phi) is 3.89. The monoisotopic (exact) mass is 202 g/mol. The minimum Gasteiger partial charge on any atom is -0.303 e. The van der Waals surface area contributed by atoms with E-state index in [9.17, 15) is 13.6 Å². The molecule has 0 aromatic heterocycles. The molecule has 1 nitrogen and oxygen atoms in total. The Morgan fingerprint density at radius 3 is 2.85 bits per heavy atom. The number of thioether (sulfide) groups is 1. The molecule has 1 rings (SSSR count). The fourth-order valence-electron chi connectivity index (χ4n) is 0.812. The molecule has 13 heavy (non-hydrogen) atoms. The number of halogens is 2. The van der Waals surface area contributed by atoms with E-state index >= 15 is 0 Å². The van der Waals surface area contributed by atoms with Gasteiger partial charge in [-0.3, -0.25) is 0 Å². The van der Waals surface area contributed by atoms with Crippen LogP contribution in [0.1, 0.15) is 6.42 Å². The Hall–Kier alpha value is -0.900. The van der Waals surface area contributed by atoms with Crippen molar-refractivity contribution in [1.29, 1.82) is 0 Å². The van der Waals surface area contributed by atoms with Crippen LogP contribution in [-0.2, 0) is 4.79 Å². The maximum absolute atomic E-state index is 12.9. The van der Waals surface area contributed by atoms with Gasteiger partial charge in [-0.05, 0) is 12.1 Å². The summed E-state index contributed by atoms with van der Waals surface area (Å²) >= 11 is 1.14. The predicted molar refractivity (Wildman–Crippen MR) is 47.8 cm³/mol. The number of benzene rings is 1. The minimum atomic E-state index is -0.851. The second-order valence-electron chi connectivity index (χ2n) is 2.36. The molecule has 1 aromatic rings. The van der Waals surface area contributed by atoms with Gasteiger partial charge >= 0.3 is 0 Å². The Morgan fingerprint density at radius 1 is 1.38 bits per heavy atom. The Labute approximate surface area is 79.1 Å². The highest BCUT2D eigenvalue weighted by molar-refractivity contribution is 7.99. The van der Waals surface area contributed by atoms with Gasteiger partial charge in [-0.15, -0.1) is 11.8 Å². The summed E-state index contributed by atoms with van der Waals surface area (Å²) in [7, 11) is 0. The maximum Gasteiger partial charge on any atom is 0.172 e. The fraction of sp³-hybridized carbons (Fsp3) is 0.222. The van der Waals surface area contributed by atoms with Crippen LogP contribution in [0.25, 0.3) is 0 Å². The van der Waals surface area contributed by atoms with E-state index in [1.807, 2.05) is 0 Å². The average Bonchev–Trinajstić information content (AvgIpc) is 2.13. The van der Waals surface area contributed by atoms with E-state index in [0.29, 0.717) is 12.2 Å². The van der Waals surface area contributed by atoms with Crippen LogP contribution >= 0.6 is 11.8 Å². The Bertz CT molecular complexity index is 302. The summed E-state index contributed by atoms with van der Waals surface area (Å²) in [6.45, 7) is 0. The maximum atomic E-state index is 12.9. The van der Waals surface area contributed by atoms with Gasteiger partial charge in [0, 0.05) is 17.1 Å². The van der Waals surface area contributed by atoms with E-state index in [1.54, 1.807) is 0 Å². The summed E-state index contributed by atoms with van der Waals surface area (Å²) in [5.74, 6) is -1.21. The van der Waals surface area contributed by atoms with E-state index in [1.165, 1.54) is 12.1 Å². The molecular formula is C9H8F2OS. The van der Waals surface area contributed by atoms with Crippen molar-refractivity contribution in [3.63, 3.8) is 0 Å². The summed E-state index contributed by atoms with van der Waals surface area (Å²) in [5.41, 5.74) is 0. The lowest BCUT2D eigenvalue weighted by molar-refractivity contribution is -0.107. The van der Waals surface area contributed by atoms with Gasteiger partial charge in [0.2, 0.25) is 0 Å². The van der Waals surface area contributed by atoms with Crippen LogP contribution in [-0.4, -0.2) is 12.0 Å². The molecule has 0 saturated heterocycles. The van der Waals surface area contributed by atoms with Crippen LogP contribution in [0.4, 0.5) is 8.78 Å². The Balaban J connectivity index is 2.65. The molecular weight excluding hydrogens is 194 g/mol. The van der Waals surface area contributed by atoms with Crippen LogP contribution < -0.4 is 0 Å². The van der Waals surface area contributed by atoms with Crippen molar-refractivity contribution in [3.8, 4) is 0 Å². The lowest BCUT2D eigenvalue weighted by Crippen LogP contribution is -1.88. The van der Waals surface area contributed by atoms with Crippen LogP contribution in [0.3, 0.4) is 0 Å². The zero-order valence-electron chi connectivity index (χ0n) is 6.80. The van der Waals surface area contributed by atoms with Crippen LogP contribution in [0, 0.1) is 11.6 Å². The van der Waals surface area contributed by atoms with Gasteiger partial charge in [-0.2, -0.15) is 0 Å². The van der Waals surface area contributed by atoms with E-state index in [4.69, 9.17) is 0 Å². The van der Waals surface area contributed by atoms with Crippen molar-refractivity contribution in [2.75, 3.05) is 5.75 Å². The summed E-state index contributed by atoms with van der Waals surface area (Å²) in [6, 6.07) is 4.01. The third kappa shape index (κ3) is 2.81. The number of hydrogen-bond acceptors (Lipinski definition) is 2. The van der Waals surface area contributed by atoms with Gasteiger partial charge in [0.05, 0.1) is 0 Å². The molecule has 1 aromatic carbocycles. The molecule has 0 bridgehead atoms. The lowest BCUT2D eigenvalue weighted by atomic mass is 10.3. The smallest absolute Gasteiger partial charge is 0.172 e. The molecule has 0 unspecified atom stereocenters.